The summed E-state index contributed by atoms with van der Waals surface area (Å²) in [5.74, 6) is 0.420. The molecule has 0 unspecified atom stereocenters. The second-order valence-electron chi connectivity index (χ2n) is 5.08. The first-order chi connectivity index (χ1) is 8.67. The number of carbonyl (C=O) groups excluding carboxylic acids is 2. The van der Waals surface area contributed by atoms with E-state index >= 15 is 0 Å². The summed E-state index contributed by atoms with van der Waals surface area (Å²) >= 11 is 0. The molecule has 1 aliphatic heterocycles. The number of hydrogen-bond donors (Lipinski definition) is 1. The predicted molar refractivity (Wildman–Crippen MR) is 72.2 cm³/mol. The van der Waals surface area contributed by atoms with E-state index in [1.807, 2.05) is 11.8 Å². The van der Waals surface area contributed by atoms with Crippen molar-refractivity contribution in [1.82, 2.24) is 10.2 Å². The lowest BCUT2D eigenvalue weighted by Gasteiger charge is -2.32. The van der Waals surface area contributed by atoms with Gasteiger partial charge in [-0.3, -0.25) is 9.59 Å². The van der Waals surface area contributed by atoms with Gasteiger partial charge in [0.05, 0.1) is 0 Å². The van der Waals surface area contributed by atoms with Gasteiger partial charge >= 0.3 is 0 Å². The summed E-state index contributed by atoms with van der Waals surface area (Å²) in [6.07, 6.45) is 5.99. The van der Waals surface area contributed by atoms with Crippen molar-refractivity contribution in [2.24, 2.45) is 0 Å². The number of nitrogens with one attached hydrogen (secondary N) is 1. The summed E-state index contributed by atoms with van der Waals surface area (Å²) in [6.45, 7) is 5.69. The minimum absolute atomic E-state index is 0.162. The molecule has 0 aromatic carbocycles. The number of likely N-dealkylation sites (tertiary alicyclic amines) is 1. The molecule has 1 N–H and O–H groups in total. The highest BCUT2D eigenvalue weighted by Crippen LogP contribution is 2.12. The standard InChI is InChI=1S/C14H26N2O2/c1-3-5-7-13(17)15-12-8-10-16(11-9-12)14(18)6-4-2/h12H,3-11H2,1-2H3,(H,15,17). The zero-order chi connectivity index (χ0) is 13.4. The zero-order valence-corrected chi connectivity index (χ0v) is 11.7. The summed E-state index contributed by atoms with van der Waals surface area (Å²) in [5, 5.41) is 3.07. The summed E-state index contributed by atoms with van der Waals surface area (Å²) in [6, 6.07) is 0.264. The van der Waals surface area contributed by atoms with E-state index in [9.17, 15) is 9.59 Å². The average Bonchev–Trinajstić information content (AvgIpc) is 2.37. The third-order valence-corrected chi connectivity index (χ3v) is 3.43. The van der Waals surface area contributed by atoms with E-state index in [4.69, 9.17) is 0 Å². The van der Waals surface area contributed by atoms with Crippen LogP contribution in [0.2, 0.25) is 0 Å². The lowest BCUT2D eigenvalue weighted by Crippen LogP contribution is -2.46. The second kappa shape index (κ2) is 8.11. The van der Waals surface area contributed by atoms with Gasteiger partial charge < -0.3 is 10.2 Å². The van der Waals surface area contributed by atoms with E-state index in [2.05, 4.69) is 12.2 Å². The van der Waals surface area contributed by atoms with E-state index < -0.39 is 0 Å². The van der Waals surface area contributed by atoms with Crippen LogP contribution in [0.3, 0.4) is 0 Å². The first-order valence-electron chi connectivity index (χ1n) is 7.24. The molecule has 0 spiro atoms. The summed E-state index contributed by atoms with van der Waals surface area (Å²) < 4.78 is 0. The molecule has 1 fully saturated rings. The normalized spacial score (nSPS) is 16.7. The molecule has 1 saturated heterocycles. The minimum atomic E-state index is 0.162. The molecule has 18 heavy (non-hydrogen) atoms. The Balaban J connectivity index is 2.22. The number of piperidine rings is 1. The van der Waals surface area contributed by atoms with Crippen LogP contribution in [-0.2, 0) is 9.59 Å². The smallest absolute Gasteiger partial charge is 0.222 e. The maximum absolute atomic E-state index is 11.7. The quantitative estimate of drug-likeness (QED) is 0.789. The maximum Gasteiger partial charge on any atom is 0.222 e. The Morgan fingerprint density at radius 3 is 2.33 bits per heavy atom. The van der Waals surface area contributed by atoms with Crippen LogP contribution in [0.1, 0.15) is 58.8 Å². The molecule has 1 heterocycles. The van der Waals surface area contributed by atoms with Gasteiger partial charge in [0.25, 0.3) is 0 Å². The van der Waals surface area contributed by atoms with Gasteiger partial charge in [0.15, 0.2) is 0 Å². The molecule has 0 aromatic heterocycles. The van der Waals surface area contributed by atoms with Crippen molar-refractivity contribution in [2.75, 3.05) is 13.1 Å². The molecule has 4 nitrogen and oxygen atoms in total. The van der Waals surface area contributed by atoms with Crippen molar-refractivity contribution in [2.45, 2.75) is 64.8 Å². The Hall–Kier alpha value is -1.06. The van der Waals surface area contributed by atoms with Crippen molar-refractivity contribution < 1.29 is 9.59 Å². The molecule has 0 saturated carbocycles. The van der Waals surface area contributed by atoms with Crippen LogP contribution in [0.4, 0.5) is 0 Å². The van der Waals surface area contributed by atoms with Crippen molar-refractivity contribution in [3.8, 4) is 0 Å². The van der Waals surface area contributed by atoms with Crippen molar-refractivity contribution in [1.29, 1.82) is 0 Å². The predicted octanol–water partition coefficient (Wildman–Crippen LogP) is 2.08. The third kappa shape index (κ3) is 5.07. The van der Waals surface area contributed by atoms with Crippen molar-refractivity contribution >= 4 is 11.8 Å². The van der Waals surface area contributed by atoms with Gasteiger partial charge in [0.2, 0.25) is 11.8 Å². The van der Waals surface area contributed by atoms with Gasteiger partial charge in [-0.15, -0.1) is 0 Å². The Kier molecular flexibility index (Phi) is 6.76. The van der Waals surface area contributed by atoms with Gasteiger partial charge in [0.1, 0.15) is 0 Å². The molecule has 0 atom stereocenters. The highest BCUT2D eigenvalue weighted by molar-refractivity contribution is 5.77. The van der Waals surface area contributed by atoms with E-state index in [1.165, 1.54) is 0 Å². The molecule has 0 radical (unpaired) electrons. The Morgan fingerprint density at radius 2 is 1.78 bits per heavy atom. The first kappa shape index (κ1) is 15.0. The van der Waals surface area contributed by atoms with Crippen LogP contribution in [-0.4, -0.2) is 35.8 Å². The average molecular weight is 254 g/mol. The Labute approximate surface area is 110 Å². The highest BCUT2D eigenvalue weighted by atomic mass is 16.2. The molecule has 0 aromatic rings. The molecule has 104 valence electrons. The number of hydrogen-bond acceptors (Lipinski definition) is 2. The monoisotopic (exact) mass is 254 g/mol. The van der Waals surface area contributed by atoms with Gasteiger partial charge in [0, 0.05) is 32.0 Å². The molecule has 1 rings (SSSR count). The largest absolute Gasteiger partial charge is 0.353 e. The van der Waals surface area contributed by atoms with Crippen LogP contribution in [0.15, 0.2) is 0 Å². The number of carbonyl (C=O) groups is 2. The van der Waals surface area contributed by atoms with Crippen molar-refractivity contribution in [3.05, 3.63) is 0 Å². The zero-order valence-electron chi connectivity index (χ0n) is 11.7. The van der Waals surface area contributed by atoms with Gasteiger partial charge in [-0.25, -0.2) is 0 Å². The fraction of sp³-hybridized carbons (Fsp3) is 0.857. The SMILES string of the molecule is CCCCC(=O)NC1CCN(C(=O)CCC)CC1. The number of nitrogens with zero attached hydrogens (tertiary/aromatic N) is 1. The van der Waals surface area contributed by atoms with Crippen LogP contribution >= 0.6 is 0 Å². The Bertz CT molecular complexity index is 271. The lowest BCUT2D eigenvalue weighted by atomic mass is 10.0. The van der Waals surface area contributed by atoms with Crippen LogP contribution in [0.25, 0.3) is 0 Å². The van der Waals surface area contributed by atoms with Crippen LogP contribution < -0.4 is 5.32 Å². The van der Waals surface area contributed by atoms with E-state index in [-0.39, 0.29) is 17.9 Å². The minimum Gasteiger partial charge on any atom is -0.353 e. The fourth-order valence-corrected chi connectivity index (χ4v) is 2.28. The van der Waals surface area contributed by atoms with E-state index in [0.29, 0.717) is 12.8 Å². The molecule has 4 heteroatoms. The molecular formula is C14H26N2O2. The molecular weight excluding hydrogens is 228 g/mol. The Morgan fingerprint density at radius 1 is 1.11 bits per heavy atom. The summed E-state index contributed by atoms with van der Waals surface area (Å²) in [5.41, 5.74) is 0. The third-order valence-electron chi connectivity index (χ3n) is 3.43. The number of amides is 2. The maximum atomic E-state index is 11.7. The topological polar surface area (TPSA) is 49.4 Å². The first-order valence-corrected chi connectivity index (χ1v) is 7.24. The number of unbranched alkanes of at least 4 members (excludes halogenated alkanes) is 1. The van der Waals surface area contributed by atoms with E-state index in [1.54, 1.807) is 0 Å². The highest BCUT2D eigenvalue weighted by Gasteiger charge is 2.22. The second-order valence-corrected chi connectivity index (χ2v) is 5.08. The van der Waals surface area contributed by atoms with Gasteiger partial charge in [-0.05, 0) is 25.7 Å². The van der Waals surface area contributed by atoms with E-state index in [0.717, 1.165) is 45.2 Å². The van der Waals surface area contributed by atoms with Gasteiger partial charge in [-0.1, -0.05) is 20.3 Å². The summed E-state index contributed by atoms with van der Waals surface area (Å²) in [4.78, 5) is 25.2. The molecule has 0 bridgehead atoms. The molecule has 1 aliphatic rings. The number of rotatable bonds is 6. The van der Waals surface area contributed by atoms with Crippen LogP contribution in [0.5, 0.6) is 0 Å². The van der Waals surface area contributed by atoms with Crippen LogP contribution in [0, 0.1) is 0 Å². The lowest BCUT2D eigenvalue weighted by molar-refractivity contribution is -0.132. The molecule has 0 aliphatic carbocycles. The summed E-state index contributed by atoms with van der Waals surface area (Å²) in [7, 11) is 0. The van der Waals surface area contributed by atoms with Gasteiger partial charge in [-0.2, -0.15) is 0 Å². The fourth-order valence-electron chi connectivity index (χ4n) is 2.28. The molecule has 2 amide bonds. The van der Waals surface area contributed by atoms with Crippen molar-refractivity contribution in [3.63, 3.8) is 0 Å².